The number of nitrogens with zero attached hydrogens (tertiary/aromatic N) is 1. The van der Waals surface area contributed by atoms with Gasteiger partial charge in [0, 0.05) is 17.5 Å². The Hall–Kier alpha value is -3.15. The molecule has 2 aromatic carbocycles. The van der Waals surface area contributed by atoms with Gasteiger partial charge < -0.3 is 9.72 Å². The Balaban J connectivity index is 1.91. The fraction of sp³-hybridized carbons (Fsp3) is 0.0625. The molecule has 1 N–H and O–H groups in total. The van der Waals surface area contributed by atoms with Gasteiger partial charge in [0.15, 0.2) is 5.75 Å². The zero-order chi connectivity index (χ0) is 15.5. The van der Waals surface area contributed by atoms with Crippen molar-refractivity contribution >= 4 is 16.6 Å². The number of rotatable bonds is 4. The summed E-state index contributed by atoms with van der Waals surface area (Å²) in [6.45, 7) is 0.280. The molecule has 0 bridgehead atoms. The second-order valence-electron chi connectivity index (χ2n) is 4.77. The molecule has 0 fully saturated rings. The van der Waals surface area contributed by atoms with Crippen molar-refractivity contribution in [3.63, 3.8) is 0 Å². The van der Waals surface area contributed by atoms with Crippen LogP contribution in [0, 0.1) is 10.1 Å². The van der Waals surface area contributed by atoms with Crippen LogP contribution in [-0.4, -0.2) is 9.91 Å². The quantitative estimate of drug-likeness (QED) is 0.592. The van der Waals surface area contributed by atoms with Crippen LogP contribution in [0.3, 0.4) is 0 Å². The van der Waals surface area contributed by atoms with Gasteiger partial charge in [0.25, 0.3) is 11.2 Å². The number of pyridine rings is 1. The van der Waals surface area contributed by atoms with Crippen LogP contribution in [0.2, 0.25) is 0 Å². The molecule has 1 heterocycles. The number of nitrogens with one attached hydrogen (secondary N) is 1. The SMILES string of the molecule is O=c1[nH]c2cc([N+](=O)[O-])ccc2cc1OCc1ccccc1. The molecule has 0 aliphatic heterocycles. The highest BCUT2D eigenvalue weighted by Crippen LogP contribution is 2.21. The molecule has 0 amide bonds. The maximum atomic E-state index is 12.0. The molecule has 0 unspecified atom stereocenters. The normalized spacial score (nSPS) is 10.5. The smallest absolute Gasteiger partial charge is 0.290 e. The summed E-state index contributed by atoms with van der Waals surface area (Å²) in [6, 6.07) is 15.4. The third-order valence-corrected chi connectivity index (χ3v) is 3.24. The lowest BCUT2D eigenvalue weighted by atomic mass is 10.2. The minimum absolute atomic E-state index is 0.0684. The number of ether oxygens (including phenoxy) is 1. The Labute approximate surface area is 125 Å². The molecule has 3 rings (SSSR count). The van der Waals surface area contributed by atoms with Crippen LogP contribution in [0.5, 0.6) is 5.75 Å². The van der Waals surface area contributed by atoms with E-state index in [2.05, 4.69) is 4.98 Å². The number of aromatic nitrogens is 1. The standard InChI is InChI=1S/C16H12N2O4/c19-16-15(22-10-11-4-2-1-3-5-11)8-12-6-7-13(18(20)21)9-14(12)17-16/h1-9H,10H2,(H,17,19). The Morgan fingerprint density at radius 2 is 1.86 bits per heavy atom. The van der Waals surface area contributed by atoms with Gasteiger partial charge in [0.2, 0.25) is 0 Å². The van der Waals surface area contributed by atoms with E-state index < -0.39 is 10.5 Å². The van der Waals surface area contributed by atoms with Gasteiger partial charge in [0.1, 0.15) is 6.61 Å². The molecule has 0 atom stereocenters. The highest BCUT2D eigenvalue weighted by atomic mass is 16.6. The average Bonchev–Trinajstić information content (AvgIpc) is 2.53. The van der Waals surface area contributed by atoms with E-state index in [4.69, 9.17) is 4.74 Å². The molecule has 0 radical (unpaired) electrons. The number of fused-ring (bicyclic) bond motifs is 1. The van der Waals surface area contributed by atoms with E-state index in [1.165, 1.54) is 12.1 Å². The van der Waals surface area contributed by atoms with Crippen LogP contribution in [-0.2, 0) is 6.61 Å². The number of hydrogen-bond donors (Lipinski definition) is 1. The topological polar surface area (TPSA) is 85.2 Å². The molecular weight excluding hydrogens is 284 g/mol. The summed E-state index contributed by atoms with van der Waals surface area (Å²) in [5.41, 5.74) is 0.877. The fourth-order valence-electron chi connectivity index (χ4n) is 2.13. The molecule has 0 aliphatic carbocycles. The Kier molecular flexibility index (Phi) is 3.57. The first-order valence-electron chi connectivity index (χ1n) is 6.62. The van der Waals surface area contributed by atoms with Gasteiger partial charge in [0.05, 0.1) is 10.4 Å². The van der Waals surface area contributed by atoms with Gasteiger partial charge in [-0.25, -0.2) is 0 Å². The van der Waals surface area contributed by atoms with Gasteiger partial charge in [-0.3, -0.25) is 14.9 Å². The summed E-state index contributed by atoms with van der Waals surface area (Å²) >= 11 is 0. The summed E-state index contributed by atoms with van der Waals surface area (Å²) < 4.78 is 5.53. The second kappa shape index (κ2) is 5.69. The Morgan fingerprint density at radius 1 is 1.09 bits per heavy atom. The lowest BCUT2D eigenvalue weighted by Gasteiger charge is -2.06. The summed E-state index contributed by atoms with van der Waals surface area (Å²) in [7, 11) is 0. The minimum Gasteiger partial charge on any atom is -0.483 e. The van der Waals surface area contributed by atoms with E-state index in [-0.39, 0.29) is 18.0 Å². The van der Waals surface area contributed by atoms with Crippen molar-refractivity contribution in [3.8, 4) is 5.75 Å². The Morgan fingerprint density at radius 3 is 2.59 bits per heavy atom. The zero-order valence-corrected chi connectivity index (χ0v) is 11.5. The van der Waals surface area contributed by atoms with Crippen molar-refractivity contribution < 1.29 is 9.66 Å². The lowest BCUT2D eigenvalue weighted by Crippen LogP contribution is -2.11. The van der Waals surface area contributed by atoms with Crippen molar-refractivity contribution in [2.24, 2.45) is 0 Å². The van der Waals surface area contributed by atoms with Crippen LogP contribution < -0.4 is 10.3 Å². The number of non-ortho nitro benzene ring substituents is 1. The van der Waals surface area contributed by atoms with Crippen molar-refractivity contribution in [2.75, 3.05) is 0 Å². The molecule has 6 heteroatoms. The minimum atomic E-state index is -0.502. The van der Waals surface area contributed by atoms with Crippen LogP contribution in [0.1, 0.15) is 5.56 Å². The molecule has 0 aliphatic rings. The monoisotopic (exact) mass is 296 g/mol. The molecule has 22 heavy (non-hydrogen) atoms. The molecule has 0 saturated carbocycles. The number of benzene rings is 2. The summed E-state index contributed by atoms with van der Waals surface area (Å²) in [5, 5.41) is 11.4. The number of aromatic amines is 1. The first-order chi connectivity index (χ1) is 10.6. The molecule has 6 nitrogen and oxygen atoms in total. The molecule has 0 spiro atoms. The van der Waals surface area contributed by atoms with Crippen molar-refractivity contribution in [3.05, 3.63) is 80.6 Å². The maximum absolute atomic E-state index is 12.0. The van der Waals surface area contributed by atoms with E-state index >= 15 is 0 Å². The molecular formula is C16H12N2O4. The molecule has 0 saturated heterocycles. The van der Waals surface area contributed by atoms with Crippen LogP contribution in [0.15, 0.2) is 59.4 Å². The van der Waals surface area contributed by atoms with E-state index in [0.29, 0.717) is 10.9 Å². The largest absolute Gasteiger partial charge is 0.483 e. The second-order valence-corrected chi connectivity index (χ2v) is 4.77. The number of hydrogen-bond acceptors (Lipinski definition) is 4. The number of nitro groups is 1. The van der Waals surface area contributed by atoms with Gasteiger partial charge in [-0.15, -0.1) is 0 Å². The van der Waals surface area contributed by atoms with Crippen LogP contribution in [0.25, 0.3) is 10.9 Å². The van der Waals surface area contributed by atoms with Crippen molar-refractivity contribution in [2.45, 2.75) is 6.61 Å². The summed E-state index contributed by atoms with van der Waals surface area (Å²) in [5.74, 6) is 0.185. The van der Waals surface area contributed by atoms with Crippen molar-refractivity contribution in [1.82, 2.24) is 4.98 Å². The summed E-state index contributed by atoms with van der Waals surface area (Å²) in [4.78, 5) is 24.8. The first-order valence-corrected chi connectivity index (χ1v) is 6.62. The fourth-order valence-corrected chi connectivity index (χ4v) is 2.13. The van der Waals surface area contributed by atoms with E-state index in [0.717, 1.165) is 5.56 Å². The van der Waals surface area contributed by atoms with Crippen LogP contribution in [0.4, 0.5) is 5.69 Å². The molecule has 110 valence electrons. The van der Waals surface area contributed by atoms with E-state index in [1.54, 1.807) is 12.1 Å². The number of nitro benzene ring substituents is 1. The highest BCUT2D eigenvalue weighted by molar-refractivity contribution is 5.81. The molecule has 1 aromatic heterocycles. The summed E-state index contributed by atoms with van der Waals surface area (Å²) in [6.07, 6.45) is 0. The Bertz CT molecular complexity index is 888. The first kappa shape index (κ1) is 13.8. The zero-order valence-electron chi connectivity index (χ0n) is 11.5. The molecule has 3 aromatic rings. The maximum Gasteiger partial charge on any atom is 0.290 e. The predicted octanol–water partition coefficient (Wildman–Crippen LogP) is 3.02. The van der Waals surface area contributed by atoms with E-state index in [1.807, 2.05) is 30.3 Å². The van der Waals surface area contributed by atoms with Crippen molar-refractivity contribution in [1.29, 1.82) is 0 Å². The average molecular weight is 296 g/mol. The van der Waals surface area contributed by atoms with Gasteiger partial charge in [-0.05, 0) is 17.7 Å². The third-order valence-electron chi connectivity index (χ3n) is 3.24. The van der Waals surface area contributed by atoms with Crippen LogP contribution >= 0.6 is 0 Å². The highest BCUT2D eigenvalue weighted by Gasteiger charge is 2.09. The van der Waals surface area contributed by atoms with E-state index in [9.17, 15) is 14.9 Å². The third kappa shape index (κ3) is 2.80. The lowest BCUT2D eigenvalue weighted by molar-refractivity contribution is -0.384. The predicted molar refractivity (Wildman–Crippen MR) is 82.0 cm³/mol. The van der Waals surface area contributed by atoms with Gasteiger partial charge in [-0.2, -0.15) is 0 Å². The number of H-pyrrole nitrogens is 1. The van der Waals surface area contributed by atoms with Gasteiger partial charge in [-0.1, -0.05) is 30.3 Å². The van der Waals surface area contributed by atoms with Gasteiger partial charge >= 0.3 is 0 Å².